The molecule has 5 aliphatic carbocycles. The van der Waals surface area contributed by atoms with Gasteiger partial charge in [0.2, 0.25) is 0 Å². The average Bonchev–Trinajstić information content (AvgIpc) is 3.60. The molecule has 1 aromatic heterocycles. The first-order chi connectivity index (χ1) is 28.2. The van der Waals surface area contributed by atoms with E-state index in [4.69, 9.17) is 21.5 Å². The number of phenols is 1. The van der Waals surface area contributed by atoms with Crippen molar-refractivity contribution in [1.82, 2.24) is 5.32 Å². The van der Waals surface area contributed by atoms with E-state index in [1.54, 1.807) is 24.7 Å². The lowest BCUT2D eigenvalue weighted by atomic mass is 9.45. The third kappa shape index (κ3) is 8.11. The average molecular weight is 808 g/mol. The largest absolute Gasteiger partial charge is 0.508 e. The molecule has 6 fully saturated rings. The molecule has 9 rings (SSSR count). The third-order valence-electron chi connectivity index (χ3n) is 17.1. The lowest BCUT2D eigenvalue weighted by Crippen LogP contribution is -2.52. The minimum absolute atomic E-state index is 0.0354. The molecular formula is C50H69N3O6. The van der Waals surface area contributed by atoms with Crippen LogP contribution >= 0.6 is 0 Å². The monoisotopic (exact) mass is 808 g/mol. The summed E-state index contributed by atoms with van der Waals surface area (Å²) in [6.45, 7) is 10.3. The van der Waals surface area contributed by atoms with Gasteiger partial charge in [-0.25, -0.2) is 0 Å². The summed E-state index contributed by atoms with van der Waals surface area (Å²) in [7, 11) is 0. The van der Waals surface area contributed by atoms with Crippen LogP contribution in [0.1, 0.15) is 121 Å². The van der Waals surface area contributed by atoms with Crippen LogP contribution in [-0.4, -0.2) is 62.6 Å². The highest BCUT2D eigenvalue weighted by atomic mass is 16.6. The number of epoxide rings is 1. The van der Waals surface area contributed by atoms with E-state index in [9.17, 15) is 20.4 Å². The van der Waals surface area contributed by atoms with Gasteiger partial charge in [-0.3, -0.25) is 4.99 Å². The van der Waals surface area contributed by atoms with Crippen LogP contribution in [0.15, 0.2) is 76.6 Å². The van der Waals surface area contributed by atoms with Gasteiger partial charge in [-0.2, -0.15) is 0 Å². The first-order valence-electron chi connectivity index (χ1n) is 23.0. The van der Waals surface area contributed by atoms with Crippen molar-refractivity contribution < 1.29 is 29.6 Å². The van der Waals surface area contributed by atoms with E-state index < -0.39 is 11.8 Å². The van der Waals surface area contributed by atoms with Crippen LogP contribution in [0.4, 0.5) is 0 Å². The van der Waals surface area contributed by atoms with E-state index in [-0.39, 0.29) is 46.3 Å². The van der Waals surface area contributed by atoms with E-state index in [0.29, 0.717) is 42.6 Å². The number of benzene rings is 2. The quantitative estimate of drug-likeness (QED) is 0.0370. The molecule has 320 valence electrons. The zero-order chi connectivity index (χ0) is 41.2. The molecule has 1 aliphatic heterocycles. The maximum absolute atomic E-state index is 11.7. The molecule has 6 aliphatic rings. The van der Waals surface area contributed by atoms with Crippen LogP contribution in [0.3, 0.4) is 0 Å². The fourth-order valence-electron chi connectivity index (χ4n) is 14.0. The van der Waals surface area contributed by atoms with Crippen molar-refractivity contribution in [1.29, 1.82) is 0 Å². The Morgan fingerprint density at radius 1 is 1.00 bits per heavy atom. The molecule has 0 radical (unpaired) electrons. The lowest BCUT2D eigenvalue weighted by molar-refractivity contribution is -0.0839. The van der Waals surface area contributed by atoms with E-state index >= 15 is 0 Å². The molecule has 13 atom stereocenters. The smallest absolute Gasteiger partial charge is 0.190 e. The number of aromatic hydroxyl groups is 1. The van der Waals surface area contributed by atoms with Crippen LogP contribution in [0.25, 0.3) is 10.8 Å². The molecule has 3 aromatic rings. The maximum Gasteiger partial charge on any atom is 0.190 e. The number of guanidine groups is 1. The maximum atomic E-state index is 11.7. The zero-order valence-corrected chi connectivity index (χ0v) is 35.5. The number of ether oxygens (including phenoxy) is 1. The molecule has 1 spiro atoms. The fourth-order valence-corrected chi connectivity index (χ4v) is 14.0. The van der Waals surface area contributed by atoms with Crippen molar-refractivity contribution in [2.45, 2.75) is 153 Å². The van der Waals surface area contributed by atoms with Gasteiger partial charge < -0.3 is 40.6 Å². The summed E-state index contributed by atoms with van der Waals surface area (Å²) in [5, 5.41) is 48.7. The minimum atomic E-state index is -0.794. The van der Waals surface area contributed by atoms with E-state index in [2.05, 4.69) is 42.4 Å². The summed E-state index contributed by atoms with van der Waals surface area (Å²) in [6, 6.07) is 13.8. The zero-order valence-electron chi connectivity index (χ0n) is 35.5. The number of aliphatic hydroxyl groups is 3. The van der Waals surface area contributed by atoms with Crippen molar-refractivity contribution in [2.24, 2.45) is 57.1 Å². The predicted molar refractivity (Wildman–Crippen MR) is 231 cm³/mol. The van der Waals surface area contributed by atoms with Crippen molar-refractivity contribution in [3.63, 3.8) is 0 Å². The molecule has 9 heteroatoms. The molecule has 0 bridgehead atoms. The Morgan fingerprint density at radius 2 is 1.83 bits per heavy atom. The van der Waals surface area contributed by atoms with Crippen LogP contribution in [0.5, 0.6) is 5.75 Å². The summed E-state index contributed by atoms with van der Waals surface area (Å²) >= 11 is 0. The normalized spacial score (nSPS) is 40.2. The third-order valence-corrected chi connectivity index (χ3v) is 17.1. The minimum Gasteiger partial charge on any atom is -0.508 e. The number of fused-ring (bicyclic) bond motifs is 4. The number of nitrogens with one attached hydrogen (secondary N) is 1. The highest BCUT2D eigenvalue weighted by Gasteiger charge is 2.67. The number of furan rings is 1. The second-order valence-corrected chi connectivity index (χ2v) is 21.0. The SMILES string of the molecule is C=C1CC2(CCC(CCC3(O)CCCC(O)C3)C2)C2OC2(C)CCC2C1CC2(C)C1CC(C(O)NC(N)=NCCc2cccc3cocc23)CC1Cc1ccc(O)cc1. The van der Waals surface area contributed by atoms with E-state index in [1.807, 2.05) is 12.1 Å². The molecule has 0 amide bonds. The van der Waals surface area contributed by atoms with Crippen molar-refractivity contribution >= 4 is 16.7 Å². The fraction of sp³-hybridized carbons (Fsp3) is 0.660. The van der Waals surface area contributed by atoms with Gasteiger partial charge in [0.15, 0.2) is 5.96 Å². The number of rotatable bonds is 11. The van der Waals surface area contributed by atoms with Crippen molar-refractivity contribution in [3.8, 4) is 5.75 Å². The Labute approximate surface area is 350 Å². The van der Waals surface area contributed by atoms with E-state index in [1.165, 1.54) is 24.0 Å². The standard InChI is InChI=1S/C50H69N3O6/c1-31-25-49(19-13-33(26-49)14-20-50(57)17-5-8-39(55)27-50)45-48(3,59-45)18-15-42-40(31)28-47(42,2)43-24-37(23-36(43)22-32-9-11-38(54)12-10-32)44(56)53-46(51)52-21-16-34-6-4-7-35-29-58-30-41(34)35/h4,6-7,9-12,29-30,33,36-37,39-40,42-45,54-57H,1,5,8,13-28H2,2-3H3,(H3,51,52,53). The van der Waals surface area contributed by atoms with Gasteiger partial charge in [0, 0.05) is 35.1 Å². The lowest BCUT2D eigenvalue weighted by Gasteiger charge is -2.59. The van der Waals surface area contributed by atoms with E-state index in [0.717, 1.165) is 106 Å². The molecule has 59 heavy (non-hydrogen) atoms. The Bertz CT molecular complexity index is 2010. The Kier molecular flexibility index (Phi) is 11.0. The highest BCUT2D eigenvalue weighted by Crippen LogP contribution is 2.70. The highest BCUT2D eigenvalue weighted by molar-refractivity contribution is 5.84. The second-order valence-electron chi connectivity index (χ2n) is 21.0. The number of allylic oxidation sites excluding steroid dienone is 1. The Morgan fingerprint density at radius 3 is 2.64 bits per heavy atom. The summed E-state index contributed by atoms with van der Waals surface area (Å²) in [6.07, 6.45) is 18.8. The van der Waals surface area contributed by atoms with Crippen molar-refractivity contribution in [3.05, 3.63) is 78.3 Å². The number of nitrogens with zero attached hydrogens (tertiary/aromatic N) is 1. The summed E-state index contributed by atoms with van der Waals surface area (Å²) in [5.41, 5.74) is 9.64. The number of hydrogen-bond donors (Lipinski definition) is 6. The van der Waals surface area contributed by atoms with Crippen molar-refractivity contribution in [2.75, 3.05) is 6.54 Å². The number of hydrogen-bond acceptors (Lipinski definition) is 7. The number of nitrogens with two attached hydrogens (primary N) is 1. The van der Waals surface area contributed by atoms with Gasteiger partial charge in [0.1, 0.15) is 12.0 Å². The summed E-state index contributed by atoms with van der Waals surface area (Å²) in [4.78, 5) is 4.62. The number of aliphatic hydroxyl groups excluding tert-OH is 2. The van der Waals surface area contributed by atoms with Gasteiger partial charge in [-0.15, -0.1) is 0 Å². The molecule has 2 heterocycles. The van der Waals surface area contributed by atoms with Gasteiger partial charge in [0.25, 0.3) is 0 Å². The predicted octanol–water partition coefficient (Wildman–Crippen LogP) is 8.56. The molecular weight excluding hydrogens is 739 g/mol. The van der Waals surface area contributed by atoms with Gasteiger partial charge in [-0.05, 0) is 168 Å². The van der Waals surface area contributed by atoms with Gasteiger partial charge >= 0.3 is 0 Å². The molecule has 13 unspecified atom stereocenters. The van der Waals surface area contributed by atoms with Crippen LogP contribution in [0, 0.1) is 46.3 Å². The number of phenolic OH excluding ortho intramolecular Hbond substituents is 1. The van der Waals surface area contributed by atoms with Gasteiger partial charge in [-0.1, -0.05) is 49.4 Å². The van der Waals surface area contributed by atoms with Crippen LogP contribution < -0.4 is 11.1 Å². The summed E-state index contributed by atoms with van der Waals surface area (Å²) < 4.78 is 12.2. The topological polar surface area (TPSA) is 157 Å². The molecule has 5 saturated carbocycles. The number of aliphatic imine (C=N–C) groups is 1. The molecule has 9 nitrogen and oxygen atoms in total. The van der Waals surface area contributed by atoms with Gasteiger partial charge in [0.05, 0.1) is 35.9 Å². The molecule has 2 aromatic carbocycles. The Hall–Kier alpha value is -3.37. The molecule has 7 N–H and O–H groups in total. The Balaban J connectivity index is 0.879. The molecule has 1 saturated heterocycles. The van der Waals surface area contributed by atoms with Crippen LogP contribution in [-0.2, 0) is 17.6 Å². The first kappa shape index (κ1) is 41.0. The summed E-state index contributed by atoms with van der Waals surface area (Å²) in [5.74, 6) is 2.97. The first-order valence-corrected chi connectivity index (χ1v) is 23.0. The second kappa shape index (κ2) is 15.8. The van der Waals surface area contributed by atoms with Crippen LogP contribution in [0.2, 0.25) is 0 Å².